The Morgan fingerprint density at radius 3 is 2.33 bits per heavy atom. The number of ether oxygens (including phenoxy) is 1. The Morgan fingerprint density at radius 2 is 1.94 bits per heavy atom. The molecule has 0 atom stereocenters. The summed E-state index contributed by atoms with van der Waals surface area (Å²) in [5, 5.41) is 0. The molecule has 0 aromatic carbocycles. The molecule has 100 valence electrons. The zero-order valence-electron chi connectivity index (χ0n) is 8.69. The Kier molecular flexibility index (Phi) is 3.82. The maximum Gasteiger partial charge on any atom is 0.433 e. The van der Waals surface area contributed by atoms with Crippen molar-refractivity contribution in [3.8, 4) is 0 Å². The molecule has 0 radical (unpaired) electrons. The summed E-state index contributed by atoms with van der Waals surface area (Å²) >= 11 is 0. The fraction of sp³-hybridized carbons (Fsp3) is 0.333. The first-order valence-electron chi connectivity index (χ1n) is 4.32. The topological polar surface area (TPSA) is 39.2 Å². The number of methoxy groups -OCH3 is 1. The molecular weight excluding hydrogens is 268 g/mol. The first-order chi connectivity index (χ1) is 8.18. The summed E-state index contributed by atoms with van der Waals surface area (Å²) in [7, 11) is 0.767. The lowest BCUT2D eigenvalue weighted by atomic mass is 10.1. The Labute approximate surface area is 96.4 Å². The molecule has 1 aromatic rings. The fourth-order valence-corrected chi connectivity index (χ4v) is 1.24. The van der Waals surface area contributed by atoms with Gasteiger partial charge in [-0.1, -0.05) is 0 Å². The van der Waals surface area contributed by atoms with Crippen LogP contribution >= 0.6 is 0 Å². The average Bonchev–Trinajstić information content (AvgIpc) is 2.25. The summed E-state index contributed by atoms with van der Waals surface area (Å²) < 4.78 is 79.3. The normalized spacial score (nSPS) is 11.8. The van der Waals surface area contributed by atoms with Gasteiger partial charge in [0.2, 0.25) is 5.95 Å². The number of nitrogens with zero attached hydrogens (tertiary/aromatic N) is 1. The third kappa shape index (κ3) is 2.71. The van der Waals surface area contributed by atoms with Gasteiger partial charge in [-0.3, -0.25) is 0 Å². The van der Waals surface area contributed by atoms with Crippen LogP contribution in [0, 0.1) is 5.95 Å². The first-order valence-corrected chi connectivity index (χ1v) is 4.32. The van der Waals surface area contributed by atoms with E-state index < -0.39 is 41.3 Å². The van der Waals surface area contributed by atoms with Crippen LogP contribution in [0.1, 0.15) is 28.0 Å². The average molecular weight is 273 g/mol. The zero-order valence-corrected chi connectivity index (χ0v) is 8.69. The molecule has 0 unspecified atom stereocenters. The van der Waals surface area contributed by atoms with E-state index >= 15 is 0 Å². The van der Waals surface area contributed by atoms with Crippen molar-refractivity contribution in [1.82, 2.24) is 4.98 Å². The molecule has 0 amide bonds. The Hall–Kier alpha value is -1.80. The van der Waals surface area contributed by atoms with Gasteiger partial charge < -0.3 is 4.74 Å². The molecule has 0 aliphatic rings. The molecular formula is C9H5F6NO2. The summed E-state index contributed by atoms with van der Waals surface area (Å²) in [5.74, 6) is -3.20. The molecule has 9 heteroatoms. The maximum atomic E-state index is 12.8. The standard InChI is InChI=1S/C9H5F6NO2/c1-18-8(17)3-2-4(10)16-6(9(13,14)15)5(3)7(11)12/h2,7H,1H3. The molecule has 0 spiro atoms. The van der Waals surface area contributed by atoms with Crippen LogP contribution in [0.5, 0.6) is 0 Å². The molecule has 0 N–H and O–H groups in total. The number of aromatic nitrogens is 1. The van der Waals surface area contributed by atoms with Gasteiger partial charge in [-0.25, -0.2) is 18.6 Å². The number of halogens is 6. The molecule has 0 fully saturated rings. The minimum absolute atomic E-state index is 0.169. The van der Waals surface area contributed by atoms with Crippen LogP contribution in [0.15, 0.2) is 6.07 Å². The molecule has 3 nitrogen and oxygen atoms in total. The summed E-state index contributed by atoms with van der Waals surface area (Å²) in [4.78, 5) is 13.4. The second-order valence-corrected chi connectivity index (χ2v) is 3.04. The minimum atomic E-state index is -5.31. The maximum absolute atomic E-state index is 12.8. The van der Waals surface area contributed by atoms with Crippen molar-refractivity contribution >= 4 is 5.97 Å². The van der Waals surface area contributed by atoms with Crippen molar-refractivity contribution in [2.24, 2.45) is 0 Å². The lowest BCUT2D eigenvalue weighted by Gasteiger charge is -2.14. The van der Waals surface area contributed by atoms with Crippen molar-refractivity contribution in [1.29, 1.82) is 0 Å². The number of carbonyl (C=O) groups excluding carboxylic acids is 1. The van der Waals surface area contributed by atoms with E-state index in [1.165, 1.54) is 0 Å². The van der Waals surface area contributed by atoms with E-state index in [-0.39, 0.29) is 6.07 Å². The van der Waals surface area contributed by atoms with Gasteiger partial charge in [0.1, 0.15) is 0 Å². The van der Waals surface area contributed by atoms with Gasteiger partial charge >= 0.3 is 12.1 Å². The number of rotatable bonds is 2. The van der Waals surface area contributed by atoms with E-state index in [0.717, 1.165) is 7.11 Å². The number of pyridine rings is 1. The second kappa shape index (κ2) is 4.83. The molecule has 0 saturated heterocycles. The number of esters is 1. The van der Waals surface area contributed by atoms with Crippen molar-refractivity contribution in [3.63, 3.8) is 0 Å². The van der Waals surface area contributed by atoms with Gasteiger partial charge in [0.15, 0.2) is 5.69 Å². The van der Waals surface area contributed by atoms with Gasteiger partial charge in [-0.05, 0) is 0 Å². The van der Waals surface area contributed by atoms with Crippen molar-refractivity contribution in [2.45, 2.75) is 12.6 Å². The third-order valence-corrected chi connectivity index (χ3v) is 1.92. The number of alkyl halides is 5. The van der Waals surface area contributed by atoms with Gasteiger partial charge in [0, 0.05) is 6.07 Å². The number of hydrogen-bond donors (Lipinski definition) is 0. The predicted octanol–water partition coefficient (Wildman–Crippen LogP) is 2.96. The Balaban J connectivity index is 3.62. The Morgan fingerprint density at radius 1 is 1.39 bits per heavy atom. The SMILES string of the molecule is COC(=O)c1cc(F)nc(C(F)(F)F)c1C(F)F. The minimum Gasteiger partial charge on any atom is -0.465 e. The fourth-order valence-electron chi connectivity index (χ4n) is 1.24. The molecule has 0 bridgehead atoms. The summed E-state index contributed by atoms with van der Waals surface area (Å²) in [6.07, 6.45) is -8.96. The van der Waals surface area contributed by atoms with E-state index in [9.17, 15) is 31.1 Å². The van der Waals surface area contributed by atoms with Crippen LogP contribution in [-0.4, -0.2) is 18.1 Å². The molecule has 0 aliphatic carbocycles. The Bertz CT molecular complexity index is 471. The van der Waals surface area contributed by atoms with Crippen LogP contribution in [-0.2, 0) is 10.9 Å². The molecule has 0 aliphatic heterocycles. The summed E-state index contributed by atoms with van der Waals surface area (Å²) in [6.45, 7) is 0. The van der Waals surface area contributed by atoms with E-state index in [4.69, 9.17) is 0 Å². The molecule has 0 saturated carbocycles. The van der Waals surface area contributed by atoms with Gasteiger partial charge in [-0.15, -0.1) is 0 Å². The van der Waals surface area contributed by atoms with Crippen molar-refractivity contribution in [2.75, 3.05) is 7.11 Å². The number of hydrogen-bond acceptors (Lipinski definition) is 3. The lowest BCUT2D eigenvalue weighted by Crippen LogP contribution is -2.18. The van der Waals surface area contributed by atoms with Gasteiger partial charge in [0.25, 0.3) is 6.43 Å². The first kappa shape index (κ1) is 14.3. The van der Waals surface area contributed by atoms with Crippen molar-refractivity contribution in [3.05, 3.63) is 28.8 Å². The predicted molar refractivity (Wildman–Crippen MR) is 45.5 cm³/mol. The van der Waals surface area contributed by atoms with Crippen LogP contribution in [0.25, 0.3) is 0 Å². The van der Waals surface area contributed by atoms with Crippen LogP contribution in [0.3, 0.4) is 0 Å². The molecule has 1 aromatic heterocycles. The molecule has 1 rings (SSSR count). The van der Waals surface area contributed by atoms with E-state index in [2.05, 4.69) is 9.72 Å². The van der Waals surface area contributed by atoms with Gasteiger partial charge in [0.05, 0.1) is 18.2 Å². The zero-order chi connectivity index (χ0) is 14.1. The van der Waals surface area contributed by atoms with Crippen molar-refractivity contribution < 1.29 is 35.9 Å². The number of carbonyl (C=O) groups is 1. The van der Waals surface area contributed by atoms with Crippen LogP contribution in [0.4, 0.5) is 26.3 Å². The highest BCUT2D eigenvalue weighted by atomic mass is 19.4. The van der Waals surface area contributed by atoms with Crippen LogP contribution < -0.4 is 0 Å². The largest absolute Gasteiger partial charge is 0.465 e. The highest BCUT2D eigenvalue weighted by Gasteiger charge is 2.41. The van der Waals surface area contributed by atoms with E-state index in [1.807, 2.05) is 0 Å². The smallest absolute Gasteiger partial charge is 0.433 e. The molecule has 1 heterocycles. The van der Waals surface area contributed by atoms with E-state index in [0.29, 0.717) is 0 Å². The summed E-state index contributed by atoms with van der Waals surface area (Å²) in [6, 6.07) is 0.169. The second-order valence-electron chi connectivity index (χ2n) is 3.04. The van der Waals surface area contributed by atoms with E-state index in [1.54, 1.807) is 0 Å². The highest BCUT2D eigenvalue weighted by Crippen LogP contribution is 2.37. The quantitative estimate of drug-likeness (QED) is 0.472. The van der Waals surface area contributed by atoms with Crippen LogP contribution in [0.2, 0.25) is 0 Å². The lowest BCUT2D eigenvalue weighted by molar-refractivity contribution is -0.143. The highest BCUT2D eigenvalue weighted by molar-refractivity contribution is 5.91. The third-order valence-electron chi connectivity index (χ3n) is 1.92. The summed E-state index contributed by atoms with van der Waals surface area (Å²) in [5.41, 5.74) is -5.04. The van der Waals surface area contributed by atoms with Gasteiger partial charge in [-0.2, -0.15) is 17.6 Å². The molecule has 18 heavy (non-hydrogen) atoms. The monoisotopic (exact) mass is 273 g/mol.